The molecule has 1 aliphatic heterocycles. The molecule has 0 bridgehead atoms. The normalized spacial score (nSPS) is 16.2. The lowest BCUT2D eigenvalue weighted by Gasteiger charge is -2.29. The summed E-state index contributed by atoms with van der Waals surface area (Å²) >= 11 is 0. The van der Waals surface area contributed by atoms with Gasteiger partial charge in [0.1, 0.15) is 5.75 Å². The molecule has 0 unspecified atom stereocenters. The Hall–Kier alpha value is -1.77. The zero-order chi connectivity index (χ0) is 15.8. The van der Waals surface area contributed by atoms with Crippen molar-refractivity contribution in [3.8, 4) is 5.75 Å². The number of hydrogen-bond acceptors (Lipinski definition) is 2. The Morgan fingerprint density at radius 1 is 1.27 bits per heavy atom. The third-order valence-electron chi connectivity index (χ3n) is 4.16. The zero-order valence-electron chi connectivity index (χ0n) is 13.8. The maximum atomic E-state index is 12.1. The van der Waals surface area contributed by atoms with Crippen molar-refractivity contribution in [1.82, 2.24) is 4.90 Å². The lowest BCUT2D eigenvalue weighted by atomic mass is 9.99. The largest absolute Gasteiger partial charge is 0.494 e. The molecule has 1 heterocycles. The van der Waals surface area contributed by atoms with E-state index in [4.69, 9.17) is 4.74 Å². The van der Waals surface area contributed by atoms with Crippen LogP contribution in [0.15, 0.2) is 30.3 Å². The van der Waals surface area contributed by atoms with Gasteiger partial charge in [-0.3, -0.25) is 4.79 Å². The van der Waals surface area contributed by atoms with E-state index in [9.17, 15) is 4.79 Å². The first kappa shape index (κ1) is 16.6. The summed E-state index contributed by atoms with van der Waals surface area (Å²) in [7, 11) is 0. The number of nitrogens with zero attached hydrogens (tertiary/aromatic N) is 1. The Morgan fingerprint density at radius 2 is 1.95 bits per heavy atom. The van der Waals surface area contributed by atoms with Crippen LogP contribution < -0.4 is 4.74 Å². The molecule has 1 aliphatic rings. The topological polar surface area (TPSA) is 29.5 Å². The van der Waals surface area contributed by atoms with Crippen molar-refractivity contribution in [2.24, 2.45) is 5.92 Å². The van der Waals surface area contributed by atoms with Gasteiger partial charge >= 0.3 is 0 Å². The first-order chi connectivity index (χ1) is 10.7. The maximum Gasteiger partial charge on any atom is 0.246 e. The fraction of sp³-hybridized carbons (Fsp3) is 0.526. The van der Waals surface area contributed by atoms with Gasteiger partial charge in [-0.15, -0.1) is 0 Å². The van der Waals surface area contributed by atoms with Gasteiger partial charge in [0.2, 0.25) is 5.91 Å². The van der Waals surface area contributed by atoms with Gasteiger partial charge in [0, 0.05) is 19.2 Å². The van der Waals surface area contributed by atoms with Crippen molar-refractivity contribution in [1.29, 1.82) is 0 Å². The van der Waals surface area contributed by atoms with Crippen LogP contribution in [0.2, 0.25) is 0 Å². The van der Waals surface area contributed by atoms with Gasteiger partial charge in [-0.25, -0.2) is 0 Å². The van der Waals surface area contributed by atoms with Crippen molar-refractivity contribution < 1.29 is 9.53 Å². The molecular weight excluding hydrogens is 274 g/mol. The Bertz CT molecular complexity index is 485. The van der Waals surface area contributed by atoms with Crippen molar-refractivity contribution in [3.63, 3.8) is 0 Å². The minimum atomic E-state index is 0.121. The molecule has 120 valence electrons. The predicted octanol–water partition coefficient (Wildman–Crippen LogP) is 4.14. The van der Waals surface area contributed by atoms with Crippen molar-refractivity contribution in [2.75, 3.05) is 19.7 Å². The third kappa shape index (κ3) is 5.21. The standard InChI is InChI=1S/C19H27NO2/c1-3-4-15-22-18-8-5-17(6-9-18)7-10-19(21)20-13-11-16(2)12-14-20/h5-10,16H,3-4,11-15H2,1-2H3/b10-7+. The molecule has 0 atom stereocenters. The maximum absolute atomic E-state index is 12.1. The Kier molecular flexibility index (Phi) is 6.50. The summed E-state index contributed by atoms with van der Waals surface area (Å²) in [6.07, 6.45) is 8.01. The van der Waals surface area contributed by atoms with Crippen molar-refractivity contribution in [2.45, 2.75) is 39.5 Å². The third-order valence-corrected chi connectivity index (χ3v) is 4.16. The van der Waals surface area contributed by atoms with Gasteiger partial charge in [-0.1, -0.05) is 32.4 Å². The van der Waals surface area contributed by atoms with Crippen LogP contribution in [0, 0.1) is 5.92 Å². The Labute approximate surface area is 134 Å². The number of carbonyl (C=O) groups is 1. The minimum absolute atomic E-state index is 0.121. The van der Waals surface area contributed by atoms with Gasteiger partial charge < -0.3 is 9.64 Å². The van der Waals surface area contributed by atoms with Gasteiger partial charge in [0.05, 0.1) is 6.61 Å². The summed E-state index contributed by atoms with van der Waals surface area (Å²) in [6, 6.07) is 7.90. The van der Waals surface area contributed by atoms with Crippen LogP contribution in [0.1, 0.15) is 45.1 Å². The molecule has 1 amide bonds. The number of piperidine rings is 1. The first-order valence-corrected chi connectivity index (χ1v) is 8.39. The van der Waals surface area contributed by atoms with E-state index in [-0.39, 0.29) is 5.91 Å². The van der Waals surface area contributed by atoms with Gasteiger partial charge in [0.15, 0.2) is 0 Å². The molecule has 1 aromatic carbocycles. The van der Waals surface area contributed by atoms with Crippen LogP contribution in [-0.4, -0.2) is 30.5 Å². The molecule has 3 nitrogen and oxygen atoms in total. The summed E-state index contributed by atoms with van der Waals surface area (Å²) in [5.41, 5.74) is 1.03. The number of hydrogen-bond donors (Lipinski definition) is 0. The fourth-order valence-corrected chi connectivity index (χ4v) is 2.51. The molecule has 1 saturated heterocycles. The second kappa shape index (κ2) is 8.62. The molecule has 0 aliphatic carbocycles. The van der Waals surface area contributed by atoms with E-state index in [0.29, 0.717) is 0 Å². The lowest BCUT2D eigenvalue weighted by Crippen LogP contribution is -2.36. The van der Waals surface area contributed by atoms with Gasteiger partial charge in [0.25, 0.3) is 0 Å². The summed E-state index contributed by atoms with van der Waals surface area (Å²) < 4.78 is 5.63. The van der Waals surface area contributed by atoms with Gasteiger partial charge in [-0.05, 0) is 49.0 Å². The smallest absolute Gasteiger partial charge is 0.246 e. The summed E-state index contributed by atoms with van der Waals surface area (Å²) in [5, 5.41) is 0. The minimum Gasteiger partial charge on any atom is -0.494 e. The van der Waals surface area contributed by atoms with E-state index in [1.54, 1.807) is 6.08 Å². The molecule has 0 N–H and O–H groups in total. The second-order valence-electron chi connectivity index (χ2n) is 6.11. The Morgan fingerprint density at radius 3 is 2.59 bits per heavy atom. The highest BCUT2D eigenvalue weighted by atomic mass is 16.5. The zero-order valence-corrected chi connectivity index (χ0v) is 13.8. The number of ether oxygens (including phenoxy) is 1. The molecule has 1 aromatic rings. The monoisotopic (exact) mass is 301 g/mol. The highest BCUT2D eigenvalue weighted by Crippen LogP contribution is 2.17. The van der Waals surface area contributed by atoms with E-state index >= 15 is 0 Å². The van der Waals surface area contributed by atoms with E-state index in [0.717, 1.165) is 62.6 Å². The average molecular weight is 301 g/mol. The SMILES string of the molecule is CCCCOc1ccc(/C=C/C(=O)N2CCC(C)CC2)cc1. The summed E-state index contributed by atoms with van der Waals surface area (Å²) in [4.78, 5) is 14.1. The second-order valence-corrected chi connectivity index (χ2v) is 6.11. The average Bonchev–Trinajstić information content (AvgIpc) is 2.55. The lowest BCUT2D eigenvalue weighted by molar-refractivity contribution is -0.127. The molecular formula is C19H27NO2. The molecule has 22 heavy (non-hydrogen) atoms. The van der Waals surface area contributed by atoms with Crippen LogP contribution in [0.25, 0.3) is 6.08 Å². The Balaban J connectivity index is 1.83. The summed E-state index contributed by atoms with van der Waals surface area (Å²) in [5.74, 6) is 1.75. The molecule has 0 radical (unpaired) electrons. The van der Waals surface area contributed by atoms with Gasteiger partial charge in [-0.2, -0.15) is 0 Å². The van der Waals surface area contributed by atoms with Crippen LogP contribution in [-0.2, 0) is 4.79 Å². The van der Waals surface area contributed by atoms with Crippen LogP contribution in [0.3, 0.4) is 0 Å². The van der Waals surface area contributed by atoms with Crippen molar-refractivity contribution in [3.05, 3.63) is 35.9 Å². The van der Waals surface area contributed by atoms with Crippen LogP contribution >= 0.6 is 0 Å². The number of unbranched alkanes of at least 4 members (excludes halogenated alkanes) is 1. The highest BCUT2D eigenvalue weighted by Gasteiger charge is 2.18. The number of rotatable bonds is 6. The molecule has 2 rings (SSSR count). The molecule has 0 aromatic heterocycles. The van der Waals surface area contributed by atoms with E-state index in [1.165, 1.54) is 0 Å². The highest BCUT2D eigenvalue weighted by molar-refractivity contribution is 5.91. The van der Waals surface area contributed by atoms with Crippen LogP contribution in [0.4, 0.5) is 0 Å². The quantitative estimate of drug-likeness (QED) is 0.584. The molecule has 1 fully saturated rings. The van der Waals surface area contributed by atoms with E-state index < -0.39 is 0 Å². The number of carbonyl (C=O) groups excluding carboxylic acids is 1. The van der Waals surface area contributed by atoms with E-state index in [2.05, 4.69) is 13.8 Å². The molecule has 0 saturated carbocycles. The number of benzene rings is 1. The molecule has 0 spiro atoms. The number of amides is 1. The fourth-order valence-electron chi connectivity index (χ4n) is 2.51. The predicted molar refractivity (Wildman–Crippen MR) is 90.9 cm³/mol. The summed E-state index contributed by atoms with van der Waals surface area (Å²) in [6.45, 7) is 6.93. The first-order valence-electron chi connectivity index (χ1n) is 8.39. The molecule has 3 heteroatoms. The number of likely N-dealkylation sites (tertiary alicyclic amines) is 1. The van der Waals surface area contributed by atoms with E-state index in [1.807, 2.05) is 35.2 Å². The van der Waals surface area contributed by atoms with Crippen LogP contribution in [0.5, 0.6) is 5.75 Å². The van der Waals surface area contributed by atoms with Crippen molar-refractivity contribution >= 4 is 12.0 Å².